The lowest BCUT2D eigenvalue weighted by Crippen LogP contribution is -2.45. The maximum atomic E-state index is 13.8. The number of hydrogen-bond donors (Lipinski definition) is 1. The third-order valence-corrected chi connectivity index (χ3v) is 7.42. The minimum absolute atomic E-state index is 0.160. The number of rotatable bonds is 4. The number of fused-ring (bicyclic) bond motifs is 1. The molecule has 1 aromatic carbocycles. The fourth-order valence-electron chi connectivity index (χ4n) is 5.40. The molecule has 0 aliphatic carbocycles. The Morgan fingerprint density at radius 1 is 1.19 bits per heavy atom. The van der Waals surface area contributed by atoms with Crippen LogP contribution in [0.5, 0.6) is 0 Å². The van der Waals surface area contributed by atoms with E-state index in [9.17, 15) is 9.65 Å². The van der Waals surface area contributed by atoms with Gasteiger partial charge >= 0.3 is 0 Å². The van der Waals surface area contributed by atoms with Crippen molar-refractivity contribution in [3.8, 4) is 11.9 Å². The van der Waals surface area contributed by atoms with Gasteiger partial charge in [-0.15, -0.1) is 0 Å². The summed E-state index contributed by atoms with van der Waals surface area (Å²) < 4.78 is 21.2. The average Bonchev–Trinajstić information content (AvgIpc) is 3.58. The molecule has 1 atom stereocenters. The van der Waals surface area contributed by atoms with Crippen molar-refractivity contribution < 1.29 is 9.13 Å². The molecule has 2 aliphatic rings. The number of nitrogens with one attached hydrogen (secondary N) is 1. The molecule has 9 nitrogen and oxygen atoms in total. The summed E-state index contributed by atoms with van der Waals surface area (Å²) in [5.74, 6) is 1.27. The molecule has 4 aromatic rings. The fourth-order valence-corrected chi connectivity index (χ4v) is 5.40. The Morgan fingerprint density at radius 2 is 2.06 bits per heavy atom. The van der Waals surface area contributed by atoms with Crippen LogP contribution in [0.2, 0.25) is 0 Å². The number of benzene rings is 1. The second kappa shape index (κ2) is 8.91. The van der Waals surface area contributed by atoms with Gasteiger partial charge in [0.25, 0.3) is 0 Å². The molecular weight excluding hydrogens is 459 g/mol. The fraction of sp³-hybridized carbons (Fsp3) is 0.385. The number of H-pyrrole nitrogens is 1. The van der Waals surface area contributed by atoms with Crippen molar-refractivity contribution >= 4 is 22.5 Å². The molecule has 184 valence electrons. The van der Waals surface area contributed by atoms with E-state index in [-0.39, 0.29) is 11.9 Å². The molecule has 0 amide bonds. The van der Waals surface area contributed by atoms with Crippen LogP contribution in [0.15, 0.2) is 48.8 Å². The van der Waals surface area contributed by atoms with Gasteiger partial charge in [-0.1, -0.05) is 6.07 Å². The summed E-state index contributed by atoms with van der Waals surface area (Å²) in [5.41, 5.74) is 1.76. The lowest BCUT2D eigenvalue weighted by molar-refractivity contribution is 0.0985. The number of morpholine rings is 1. The van der Waals surface area contributed by atoms with Gasteiger partial charge < -0.3 is 14.5 Å². The Morgan fingerprint density at radius 3 is 2.78 bits per heavy atom. The first kappa shape index (κ1) is 22.5. The van der Waals surface area contributed by atoms with Crippen molar-refractivity contribution in [2.24, 2.45) is 0 Å². The minimum atomic E-state index is -0.711. The highest BCUT2D eigenvalue weighted by Gasteiger charge is 2.39. The van der Waals surface area contributed by atoms with E-state index in [4.69, 9.17) is 9.72 Å². The van der Waals surface area contributed by atoms with E-state index >= 15 is 0 Å². The molecule has 0 bridgehead atoms. The van der Waals surface area contributed by atoms with Gasteiger partial charge in [0.1, 0.15) is 11.6 Å². The SMILES string of the molecule is C[C@@H]1COCCN1c1cc(C2(C#N)CCN(c3cccc(F)c3)CC2)c2cnn(-c3ccn[nH]3)c2n1. The largest absolute Gasteiger partial charge is 0.377 e. The molecule has 1 N–H and O–H groups in total. The summed E-state index contributed by atoms with van der Waals surface area (Å²) >= 11 is 0. The average molecular weight is 487 g/mol. The first-order valence-electron chi connectivity index (χ1n) is 12.2. The van der Waals surface area contributed by atoms with Crippen LogP contribution in [0.25, 0.3) is 16.9 Å². The normalized spacial score (nSPS) is 20.0. The van der Waals surface area contributed by atoms with Crippen molar-refractivity contribution in [1.82, 2.24) is 25.0 Å². The lowest BCUT2D eigenvalue weighted by Gasteiger charge is -2.40. The van der Waals surface area contributed by atoms with Crippen molar-refractivity contribution in [2.45, 2.75) is 31.2 Å². The van der Waals surface area contributed by atoms with Crippen LogP contribution >= 0.6 is 0 Å². The molecule has 0 saturated carbocycles. The molecule has 3 aromatic heterocycles. The number of nitriles is 1. The highest BCUT2D eigenvalue weighted by Crippen LogP contribution is 2.41. The summed E-state index contributed by atoms with van der Waals surface area (Å²) in [6.45, 7) is 5.41. The zero-order valence-electron chi connectivity index (χ0n) is 20.1. The summed E-state index contributed by atoms with van der Waals surface area (Å²) in [6, 6.07) is 13.4. The van der Waals surface area contributed by atoms with E-state index in [0.29, 0.717) is 50.6 Å². The van der Waals surface area contributed by atoms with Gasteiger partial charge in [0, 0.05) is 36.8 Å². The third-order valence-electron chi connectivity index (χ3n) is 7.42. The van der Waals surface area contributed by atoms with E-state index < -0.39 is 5.41 Å². The number of hydrogen-bond acceptors (Lipinski definition) is 7. The van der Waals surface area contributed by atoms with Crippen LogP contribution in [-0.4, -0.2) is 63.9 Å². The van der Waals surface area contributed by atoms with Gasteiger partial charge in [-0.2, -0.15) is 20.1 Å². The summed E-state index contributed by atoms with van der Waals surface area (Å²) in [6.07, 6.45) is 4.71. The number of aromatic amines is 1. The summed E-state index contributed by atoms with van der Waals surface area (Å²) in [5, 5.41) is 23.1. The Balaban J connectivity index is 1.44. The number of ether oxygens (including phenoxy) is 1. The third kappa shape index (κ3) is 3.76. The second-order valence-corrected chi connectivity index (χ2v) is 9.54. The van der Waals surface area contributed by atoms with Crippen LogP contribution in [0.4, 0.5) is 15.9 Å². The molecule has 0 spiro atoms. The van der Waals surface area contributed by atoms with Crippen molar-refractivity contribution in [2.75, 3.05) is 42.6 Å². The lowest BCUT2D eigenvalue weighted by atomic mass is 9.73. The van der Waals surface area contributed by atoms with Crippen LogP contribution in [-0.2, 0) is 10.2 Å². The zero-order chi connectivity index (χ0) is 24.7. The van der Waals surface area contributed by atoms with Crippen molar-refractivity contribution in [3.05, 3.63) is 60.2 Å². The Labute approximate surface area is 208 Å². The van der Waals surface area contributed by atoms with Crippen LogP contribution in [0.3, 0.4) is 0 Å². The van der Waals surface area contributed by atoms with E-state index in [2.05, 4.69) is 44.2 Å². The Kier molecular flexibility index (Phi) is 5.57. The molecule has 2 saturated heterocycles. The summed E-state index contributed by atoms with van der Waals surface area (Å²) in [7, 11) is 0. The molecule has 10 heteroatoms. The van der Waals surface area contributed by atoms with Crippen molar-refractivity contribution in [1.29, 1.82) is 5.26 Å². The van der Waals surface area contributed by atoms with E-state index in [0.717, 1.165) is 29.0 Å². The van der Waals surface area contributed by atoms with Gasteiger partial charge in [0.15, 0.2) is 11.5 Å². The molecular formula is C26H27FN8O. The van der Waals surface area contributed by atoms with Gasteiger partial charge in [-0.3, -0.25) is 5.10 Å². The first-order valence-corrected chi connectivity index (χ1v) is 12.2. The van der Waals surface area contributed by atoms with Gasteiger partial charge in [0.05, 0.1) is 43.1 Å². The monoisotopic (exact) mass is 486 g/mol. The predicted octanol–water partition coefficient (Wildman–Crippen LogP) is 3.57. The van der Waals surface area contributed by atoms with E-state index in [1.165, 1.54) is 6.07 Å². The number of aromatic nitrogens is 5. The van der Waals surface area contributed by atoms with Crippen molar-refractivity contribution in [3.63, 3.8) is 0 Å². The summed E-state index contributed by atoms with van der Waals surface area (Å²) in [4.78, 5) is 9.41. The van der Waals surface area contributed by atoms with Crippen LogP contribution in [0, 0.1) is 17.1 Å². The zero-order valence-corrected chi connectivity index (χ0v) is 20.1. The van der Waals surface area contributed by atoms with Gasteiger partial charge in [-0.25, -0.2) is 9.37 Å². The molecule has 6 rings (SSSR count). The predicted molar refractivity (Wildman–Crippen MR) is 134 cm³/mol. The highest BCUT2D eigenvalue weighted by molar-refractivity contribution is 5.84. The minimum Gasteiger partial charge on any atom is -0.377 e. The van der Waals surface area contributed by atoms with E-state index in [1.54, 1.807) is 29.2 Å². The molecule has 2 aliphatic heterocycles. The molecule has 5 heterocycles. The smallest absolute Gasteiger partial charge is 0.167 e. The molecule has 2 fully saturated rings. The molecule has 0 radical (unpaired) electrons. The second-order valence-electron chi connectivity index (χ2n) is 9.54. The van der Waals surface area contributed by atoms with Crippen LogP contribution < -0.4 is 9.80 Å². The maximum Gasteiger partial charge on any atom is 0.167 e. The first-order chi connectivity index (χ1) is 17.6. The Hall–Kier alpha value is -3.97. The number of pyridine rings is 1. The highest BCUT2D eigenvalue weighted by atomic mass is 19.1. The van der Waals surface area contributed by atoms with Gasteiger partial charge in [0.2, 0.25) is 0 Å². The topological polar surface area (TPSA) is 98.9 Å². The number of nitrogens with zero attached hydrogens (tertiary/aromatic N) is 7. The van der Waals surface area contributed by atoms with Gasteiger partial charge in [-0.05, 0) is 49.6 Å². The molecule has 36 heavy (non-hydrogen) atoms. The molecule has 0 unspecified atom stereocenters. The number of anilines is 2. The van der Waals surface area contributed by atoms with E-state index in [1.807, 2.05) is 12.1 Å². The quantitative estimate of drug-likeness (QED) is 0.471. The van der Waals surface area contributed by atoms with Crippen LogP contribution in [0.1, 0.15) is 25.3 Å². The Bertz CT molecular complexity index is 1420. The standard InChI is InChI=1S/C26H27FN8O/c1-18-16-36-12-11-34(18)24-14-22(21-15-30-35(25(21)31-24)23-5-8-29-32-23)26(17-28)6-9-33(10-7-26)20-4-2-3-19(27)13-20/h2-5,8,13-15,18H,6-7,9-12,16H2,1H3,(H,29,32)/t18-/m1/s1. The maximum absolute atomic E-state index is 13.8. The number of piperidine rings is 1. The number of halogens is 1.